The van der Waals surface area contributed by atoms with Gasteiger partial charge in [-0.05, 0) is 41.7 Å². The Morgan fingerprint density at radius 1 is 1.12 bits per heavy atom. The van der Waals surface area contributed by atoms with Crippen LogP contribution >= 0.6 is 11.8 Å². The minimum Gasteiger partial charge on any atom is -0.399 e. The van der Waals surface area contributed by atoms with E-state index < -0.39 is 0 Å². The van der Waals surface area contributed by atoms with Gasteiger partial charge in [0, 0.05) is 16.3 Å². The zero-order valence-electron chi connectivity index (χ0n) is 9.60. The number of rotatable bonds is 3. The predicted molar refractivity (Wildman–Crippen MR) is 74.5 cm³/mol. The van der Waals surface area contributed by atoms with E-state index in [0.717, 1.165) is 17.4 Å². The summed E-state index contributed by atoms with van der Waals surface area (Å²) in [6.45, 7) is 0. The molecule has 0 heterocycles. The van der Waals surface area contributed by atoms with Crippen molar-refractivity contribution in [3.63, 3.8) is 0 Å². The van der Waals surface area contributed by atoms with Gasteiger partial charge < -0.3 is 5.73 Å². The predicted octanol–water partition coefficient (Wildman–Crippen LogP) is 3.70. The lowest BCUT2D eigenvalue weighted by atomic mass is 9.79. The second-order valence-electron chi connectivity index (χ2n) is 4.48. The number of hydrogen-bond donors (Lipinski definition) is 1. The molecule has 0 saturated carbocycles. The van der Waals surface area contributed by atoms with Gasteiger partial charge in [0.1, 0.15) is 0 Å². The first kappa shape index (κ1) is 10.7. The van der Waals surface area contributed by atoms with Crippen LogP contribution in [0.5, 0.6) is 0 Å². The highest BCUT2D eigenvalue weighted by atomic mass is 32.2. The van der Waals surface area contributed by atoms with E-state index in [4.69, 9.17) is 5.73 Å². The van der Waals surface area contributed by atoms with Crippen molar-refractivity contribution < 1.29 is 0 Å². The summed E-state index contributed by atoms with van der Waals surface area (Å²) in [5.41, 5.74) is 9.68. The van der Waals surface area contributed by atoms with Crippen LogP contribution in [-0.4, -0.2) is 5.75 Å². The summed E-state index contributed by atoms with van der Waals surface area (Å²) in [5.74, 6) is 1.87. The molecule has 1 atom stereocenters. The van der Waals surface area contributed by atoms with E-state index in [1.165, 1.54) is 22.4 Å². The van der Waals surface area contributed by atoms with Crippen LogP contribution in [0.25, 0.3) is 0 Å². The largest absolute Gasteiger partial charge is 0.399 e. The highest BCUT2D eigenvalue weighted by Gasteiger charge is 2.24. The molecule has 2 aromatic rings. The number of anilines is 1. The van der Waals surface area contributed by atoms with Gasteiger partial charge in [0.15, 0.2) is 0 Å². The highest BCUT2D eigenvalue weighted by molar-refractivity contribution is 7.99. The monoisotopic (exact) mass is 241 g/mol. The van der Waals surface area contributed by atoms with Gasteiger partial charge in [-0.3, -0.25) is 0 Å². The molecular weight excluding hydrogens is 226 g/mol. The topological polar surface area (TPSA) is 26.0 Å². The van der Waals surface area contributed by atoms with Crippen LogP contribution in [0, 0.1) is 0 Å². The average molecular weight is 241 g/mol. The Bertz CT molecular complexity index is 536. The zero-order valence-corrected chi connectivity index (χ0v) is 10.4. The second kappa shape index (κ2) is 4.46. The molecule has 0 spiro atoms. The Morgan fingerprint density at radius 3 is 2.82 bits per heavy atom. The minimum atomic E-state index is 0.720. The smallest absolute Gasteiger partial charge is 0.0325 e. The lowest BCUT2D eigenvalue weighted by Crippen LogP contribution is -2.18. The van der Waals surface area contributed by atoms with Gasteiger partial charge in [-0.2, -0.15) is 0 Å². The molecule has 2 aromatic carbocycles. The molecule has 86 valence electrons. The Morgan fingerprint density at radius 2 is 2.00 bits per heavy atom. The fourth-order valence-electron chi connectivity index (χ4n) is 2.31. The van der Waals surface area contributed by atoms with E-state index >= 15 is 0 Å². The van der Waals surface area contributed by atoms with Crippen LogP contribution in [-0.2, 0) is 6.42 Å². The normalized spacial score (nSPS) is 17.3. The maximum Gasteiger partial charge on any atom is 0.0325 e. The Balaban J connectivity index is 1.64. The van der Waals surface area contributed by atoms with Crippen molar-refractivity contribution >= 4 is 17.4 Å². The molecule has 0 amide bonds. The third-order valence-corrected chi connectivity index (χ3v) is 4.43. The molecule has 0 aliphatic heterocycles. The summed E-state index contributed by atoms with van der Waals surface area (Å²) in [6, 6.07) is 16.9. The van der Waals surface area contributed by atoms with E-state index in [1.54, 1.807) is 0 Å². The molecule has 0 fully saturated rings. The molecule has 0 saturated heterocycles. The first-order valence-electron chi connectivity index (χ1n) is 5.89. The van der Waals surface area contributed by atoms with Crippen molar-refractivity contribution in [2.75, 3.05) is 11.5 Å². The Labute approximate surface area is 106 Å². The molecule has 1 unspecified atom stereocenters. The Hall–Kier alpha value is -1.41. The number of hydrogen-bond acceptors (Lipinski definition) is 2. The van der Waals surface area contributed by atoms with Crippen LogP contribution in [0.2, 0.25) is 0 Å². The molecular formula is C15H15NS. The number of fused-ring (bicyclic) bond motifs is 1. The van der Waals surface area contributed by atoms with Gasteiger partial charge >= 0.3 is 0 Å². The van der Waals surface area contributed by atoms with Crippen LogP contribution in [0.4, 0.5) is 5.69 Å². The first-order chi connectivity index (χ1) is 8.33. The quantitative estimate of drug-likeness (QED) is 0.655. The third kappa shape index (κ3) is 2.18. The molecule has 1 nitrogen and oxygen atoms in total. The van der Waals surface area contributed by atoms with E-state index in [1.807, 2.05) is 23.9 Å². The lowest BCUT2D eigenvalue weighted by molar-refractivity contribution is 0.677. The molecule has 1 aliphatic carbocycles. The average Bonchev–Trinajstić information content (AvgIpc) is 2.30. The van der Waals surface area contributed by atoms with Gasteiger partial charge in [0.25, 0.3) is 0 Å². The summed E-state index contributed by atoms with van der Waals surface area (Å²) in [7, 11) is 0. The maximum absolute atomic E-state index is 5.77. The summed E-state index contributed by atoms with van der Waals surface area (Å²) < 4.78 is 0. The number of nitrogens with two attached hydrogens (primary N) is 1. The van der Waals surface area contributed by atoms with Crippen molar-refractivity contribution in [1.29, 1.82) is 0 Å². The first-order valence-corrected chi connectivity index (χ1v) is 6.87. The van der Waals surface area contributed by atoms with E-state index in [-0.39, 0.29) is 0 Å². The molecule has 2 N–H and O–H groups in total. The minimum absolute atomic E-state index is 0.720. The maximum atomic E-state index is 5.77. The van der Waals surface area contributed by atoms with E-state index in [2.05, 4.69) is 36.4 Å². The van der Waals surface area contributed by atoms with Gasteiger partial charge in [-0.15, -0.1) is 11.8 Å². The van der Waals surface area contributed by atoms with Gasteiger partial charge in [-0.1, -0.05) is 30.3 Å². The molecule has 0 radical (unpaired) electrons. The van der Waals surface area contributed by atoms with Gasteiger partial charge in [0.2, 0.25) is 0 Å². The van der Waals surface area contributed by atoms with Crippen LogP contribution in [0.1, 0.15) is 17.0 Å². The SMILES string of the molecule is Nc1cccc(SCC2Cc3ccccc32)c1. The summed E-state index contributed by atoms with van der Waals surface area (Å²) >= 11 is 1.90. The lowest BCUT2D eigenvalue weighted by Gasteiger charge is -2.29. The summed E-state index contributed by atoms with van der Waals surface area (Å²) in [4.78, 5) is 1.27. The Kier molecular flexibility index (Phi) is 2.81. The van der Waals surface area contributed by atoms with Crippen LogP contribution < -0.4 is 5.73 Å². The van der Waals surface area contributed by atoms with Crippen LogP contribution in [0.3, 0.4) is 0 Å². The molecule has 0 aromatic heterocycles. The number of benzene rings is 2. The summed E-state index contributed by atoms with van der Waals surface area (Å²) in [5, 5.41) is 0. The van der Waals surface area contributed by atoms with Crippen molar-refractivity contribution in [2.45, 2.75) is 17.2 Å². The molecule has 17 heavy (non-hydrogen) atoms. The van der Waals surface area contributed by atoms with E-state index in [9.17, 15) is 0 Å². The highest BCUT2D eigenvalue weighted by Crippen LogP contribution is 2.38. The number of nitrogen functional groups attached to an aromatic ring is 1. The number of thioether (sulfide) groups is 1. The van der Waals surface area contributed by atoms with Crippen molar-refractivity contribution in [3.05, 3.63) is 59.7 Å². The molecule has 2 heteroatoms. The zero-order chi connectivity index (χ0) is 11.7. The second-order valence-corrected chi connectivity index (χ2v) is 5.58. The summed E-state index contributed by atoms with van der Waals surface area (Å²) in [6.07, 6.45) is 1.23. The van der Waals surface area contributed by atoms with Crippen molar-refractivity contribution in [1.82, 2.24) is 0 Å². The van der Waals surface area contributed by atoms with Crippen molar-refractivity contribution in [3.8, 4) is 0 Å². The van der Waals surface area contributed by atoms with Crippen molar-refractivity contribution in [2.24, 2.45) is 0 Å². The molecule has 0 bridgehead atoms. The fraction of sp³-hybridized carbons (Fsp3) is 0.200. The standard InChI is InChI=1S/C15H15NS/c16-13-5-3-6-14(9-13)17-10-12-8-11-4-1-2-7-15(11)12/h1-7,9,12H,8,10,16H2. The molecule has 3 rings (SSSR count). The van der Waals surface area contributed by atoms with Crippen LogP contribution in [0.15, 0.2) is 53.4 Å². The van der Waals surface area contributed by atoms with Gasteiger partial charge in [0.05, 0.1) is 0 Å². The molecule has 1 aliphatic rings. The van der Waals surface area contributed by atoms with E-state index in [0.29, 0.717) is 0 Å². The third-order valence-electron chi connectivity index (χ3n) is 3.27. The fourth-order valence-corrected chi connectivity index (χ4v) is 3.40. The van der Waals surface area contributed by atoms with Gasteiger partial charge in [-0.25, -0.2) is 0 Å².